The molecule has 0 radical (unpaired) electrons. The summed E-state index contributed by atoms with van der Waals surface area (Å²) in [7, 11) is 1.60. The molecule has 0 unspecified atom stereocenters. The molecule has 2 aromatic rings. The molecule has 6 nitrogen and oxygen atoms in total. The number of nitrogens with zero attached hydrogens (tertiary/aromatic N) is 1. The topological polar surface area (TPSA) is 67.9 Å². The summed E-state index contributed by atoms with van der Waals surface area (Å²) >= 11 is 3.37. The highest BCUT2D eigenvalue weighted by Gasteiger charge is 2.26. The zero-order chi connectivity index (χ0) is 21.9. The molecule has 7 heteroatoms. The molecule has 2 amide bonds. The predicted octanol–water partition coefficient (Wildman–Crippen LogP) is 4.17. The van der Waals surface area contributed by atoms with E-state index >= 15 is 0 Å². The lowest BCUT2D eigenvalue weighted by Crippen LogP contribution is -2.49. The van der Waals surface area contributed by atoms with Crippen LogP contribution in [0, 0.1) is 0 Å². The Hall–Kier alpha value is -2.54. The molecule has 0 aliphatic heterocycles. The molecule has 0 aliphatic carbocycles. The summed E-state index contributed by atoms with van der Waals surface area (Å²) in [6.07, 6.45) is 1.89. The smallest absolute Gasteiger partial charge is 0.261 e. The molecular formula is C23H29BrN2O4. The van der Waals surface area contributed by atoms with E-state index in [0.29, 0.717) is 18.0 Å². The summed E-state index contributed by atoms with van der Waals surface area (Å²) in [5, 5.41) is 2.90. The molecular weight excluding hydrogens is 448 g/mol. The average Bonchev–Trinajstić information content (AvgIpc) is 2.76. The van der Waals surface area contributed by atoms with Crippen molar-refractivity contribution in [3.63, 3.8) is 0 Å². The summed E-state index contributed by atoms with van der Waals surface area (Å²) in [4.78, 5) is 27.1. The molecule has 0 heterocycles. The number of unbranched alkanes of at least 4 members (excludes halogenated alkanes) is 1. The Morgan fingerprint density at radius 1 is 1.13 bits per heavy atom. The van der Waals surface area contributed by atoms with Crippen molar-refractivity contribution in [2.75, 3.05) is 20.3 Å². The van der Waals surface area contributed by atoms with Crippen molar-refractivity contribution in [1.82, 2.24) is 10.2 Å². The molecule has 1 N–H and O–H groups in total. The van der Waals surface area contributed by atoms with Crippen LogP contribution in [-0.2, 0) is 16.1 Å². The second-order valence-corrected chi connectivity index (χ2v) is 7.85. The van der Waals surface area contributed by atoms with Crippen LogP contribution in [0.15, 0.2) is 53.0 Å². The highest BCUT2D eigenvalue weighted by atomic mass is 79.9. The SMILES string of the molecule is CCCCNC(=O)[C@H](C)N(Cc1cccc(OC)c1)C(=O)COc1ccc(Br)cc1. The molecule has 30 heavy (non-hydrogen) atoms. The lowest BCUT2D eigenvalue weighted by Gasteiger charge is -2.29. The van der Waals surface area contributed by atoms with E-state index in [0.717, 1.165) is 22.9 Å². The van der Waals surface area contributed by atoms with Gasteiger partial charge in [0, 0.05) is 17.6 Å². The number of carbonyl (C=O) groups excluding carboxylic acids is 2. The number of ether oxygens (including phenoxy) is 2. The first-order chi connectivity index (χ1) is 14.4. The van der Waals surface area contributed by atoms with Crippen molar-refractivity contribution in [1.29, 1.82) is 0 Å². The van der Waals surface area contributed by atoms with Crippen LogP contribution in [-0.4, -0.2) is 43.0 Å². The Labute approximate surface area is 186 Å². The van der Waals surface area contributed by atoms with Gasteiger partial charge < -0.3 is 19.7 Å². The minimum absolute atomic E-state index is 0.155. The van der Waals surface area contributed by atoms with E-state index in [1.54, 1.807) is 26.2 Å². The number of nitrogens with one attached hydrogen (secondary N) is 1. The first-order valence-electron chi connectivity index (χ1n) is 10.0. The second kappa shape index (κ2) is 12.2. The maximum absolute atomic E-state index is 13.0. The van der Waals surface area contributed by atoms with E-state index in [9.17, 15) is 9.59 Å². The van der Waals surface area contributed by atoms with Crippen molar-refractivity contribution in [3.05, 3.63) is 58.6 Å². The summed E-state index contributed by atoms with van der Waals surface area (Å²) in [6.45, 7) is 4.52. The van der Waals surface area contributed by atoms with Crippen LogP contribution in [0.5, 0.6) is 11.5 Å². The van der Waals surface area contributed by atoms with Crippen molar-refractivity contribution >= 4 is 27.7 Å². The molecule has 1 atom stereocenters. The highest BCUT2D eigenvalue weighted by Crippen LogP contribution is 2.18. The quantitative estimate of drug-likeness (QED) is 0.494. The molecule has 0 aromatic heterocycles. The second-order valence-electron chi connectivity index (χ2n) is 6.94. The van der Waals surface area contributed by atoms with Crippen LogP contribution in [0.1, 0.15) is 32.3 Å². The maximum Gasteiger partial charge on any atom is 0.261 e. The van der Waals surface area contributed by atoms with Gasteiger partial charge in [0.25, 0.3) is 5.91 Å². The zero-order valence-electron chi connectivity index (χ0n) is 17.7. The fraction of sp³-hybridized carbons (Fsp3) is 0.391. The molecule has 0 saturated carbocycles. The monoisotopic (exact) mass is 476 g/mol. The van der Waals surface area contributed by atoms with E-state index in [1.165, 1.54) is 4.90 Å². The lowest BCUT2D eigenvalue weighted by molar-refractivity contribution is -0.142. The van der Waals surface area contributed by atoms with Gasteiger partial charge in [-0.15, -0.1) is 0 Å². The first-order valence-corrected chi connectivity index (χ1v) is 10.8. The third-order valence-electron chi connectivity index (χ3n) is 4.66. The third-order valence-corrected chi connectivity index (χ3v) is 5.19. The van der Waals surface area contributed by atoms with E-state index in [-0.39, 0.29) is 25.0 Å². The predicted molar refractivity (Wildman–Crippen MR) is 121 cm³/mol. The van der Waals surface area contributed by atoms with E-state index in [1.807, 2.05) is 36.4 Å². The molecule has 0 aliphatic rings. The third kappa shape index (κ3) is 7.37. The molecule has 0 saturated heterocycles. The van der Waals surface area contributed by atoms with Crippen LogP contribution < -0.4 is 14.8 Å². The van der Waals surface area contributed by atoms with Gasteiger partial charge >= 0.3 is 0 Å². The van der Waals surface area contributed by atoms with Gasteiger partial charge in [-0.3, -0.25) is 9.59 Å². The number of benzene rings is 2. The van der Waals surface area contributed by atoms with E-state index in [2.05, 4.69) is 28.2 Å². The van der Waals surface area contributed by atoms with E-state index in [4.69, 9.17) is 9.47 Å². The minimum atomic E-state index is -0.630. The number of hydrogen-bond donors (Lipinski definition) is 1. The number of rotatable bonds is 11. The Balaban J connectivity index is 2.12. The largest absolute Gasteiger partial charge is 0.497 e. The Kier molecular flexibility index (Phi) is 9.67. The number of hydrogen-bond acceptors (Lipinski definition) is 4. The van der Waals surface area contributed by atoms with Gasteiger partial charge in [-0.05, 0) is 55.3 Å². The molecule has 2 aromatic carbocycles. The van der Waals surface area contributed by atoms with Crippen LogP contribution in [0.4, 0.5) is 0 Å². The lowest BCUT2D eigenvalue weighted by atomic mass is 10.1. The van der Waals surface area contributed by atoms with Crippen molar-refractivity contribution in [2.24, 2.45) is 0 Å². The maximum atomic E-state index is 13.0. The number of halogens is 1. The van der Waals surface area contributed by atoms with Gasteiger partial charge in [0.2, 0.25) is 5.91 Å². The highest BCUT2D eigenvalue weighted by molar-refractivity contribution is 9.10. The van der Waals surface area contributed by atoms with Crippen LogP contribution in [0.3, 0.4) is 0 Å². The van der Waals surface area contributed by atoms with Gasteiger partial charge in [0.05, 0.1) is 7.11 Å². The summed E-state index contributed by atoms with van der Waals surface area (Å²) < 4.78 is 11.8. The molecule has 0 spiro atoms. The number of amides is 2. The summed E-state index contributed by atoms with van der Waals surface area (Å²) in [6, 6.07) is 14.1. The fourth-order valence-electron chi connectivity index (χ4n) is 2.85. The minimum Gasteiger partial charge on any atom is -0.497 e. The van der Waals surface area contributed by atoms with Crippen LogP contribution in [0.2, 0.25) is 0 Å². The van der Waals surface area contributed by atoms with Crippen molar-refractivity contribution in [2.45, 2.75) is 39.3 Å². The number of carbonyl (C=O) groups is 2. The van der Waals surface area contributed by atoms with Crippen LogP contribution >= 0.6 is 15.9 Å². The normalized spacial score (nSPS) is 11.5. The van der Waals surface area contributed by atoms with Gasteiger partial charge in [-0.25, -0.2) is 0 Å². The first kappa shape index (κ1) is 23.7. The van der Waals surface area contributed by atoms with E-state index < -0.39 is 6.04 Å². The summed E-state index contributed by atoms with van der Waals surface area (Å²) in [5.74, 6) is 0.848. The molecule has 0 fully saturated rings. The number of methoxy groups -OCH3 is 1. The Morgan fingerprint density at radius 2 is 1.87 bits per heavy atom. The van der Waals surface area contributed by atoms with Crippen LogP contribution in [0.25, 0.3) is 0 Å². The average molecular weight is 477 g/mol. The van der Waals surface area contributed by atoms with Gasteiger partial charge in [-0.1, -0.05) is 41.4 Å². The standard InChI is InChI=1S/C23H29BrN2O4/c1-4-5-13-25-23(28)17(2)26(15-18-7-6-8-21(14-18)29-3)22(27)16-30-20-11-9-19(24)10-12-20/h6-12,14,17H,4-5,13,15-16H2,1-3H3,(H,25,28)/t17-/m0/s1. The molecule has 162 valence electrons. The van der Waals surface area contributed by atoms with Gasteiger partial charge in [0.1, 0.15) is 17.5 Å². The summed E-state index contributed by atoms with van der Waals surface area (Å²) in [5.41, 5.74) is 0.875. The molecule has 2 rings (SSSR count). The Bertz CT molecular complexity index is 826. The zero-order valence-corrected chi connectivity index (χ0v) is 19.3. The van der Waals surface area contributed by atoms with Crippen molar-refractivity contribution in [3.8, 4) is 11.5 Å². The fourth-order valence-corrected chi connectivity index (χ4v) is 3.11. The van der Waals surface area contributed by atoms with Gasteiger partial charge in [-0.2, -0.15) is 0 Å². The van der Waals surface area contributed by atoms with Crippen molar-refractivity contribution < 1.29 is 19.1 Å². The Morgan fingerprint density at radius 3 is 2.53 bits per heavy atom. The molecule has 0 bridgehead atoms. The van der Waals surface area contributed by atoms with Gasteiger partial charge in [0.15, 0.2) is 6.61 Å².